The van der Waals surface area contributed by atoms with Gasteiger partial charge in [-0.05, 0) is 48.8 Å². The minimum atomic E-state index is -4.79. The summed E-state index contributed by atoms with van der Waals surface area (Å²) in [6.07, 6.45) is -5.50. The topological polar surface area (TPSA) is 69.3 Å². The number of aromatic nitrogens is 3. The maximum absolute atomic E-state index is 15.5. The van der Waals surface area contributed by atoms with Crippen LogP contribution in [0.1, 0.15) is 43.3 Å². The second-order valence-corrected chi connectivity index (χ2v) is 8.50. The van der Waals surface area contributed by atoms with Crippen LogP contribution in [0.5, 0.6) is 5.75 Å². The lowest BCUT2D eigenvalue weighted by Crippen LogP contribution is -2.31. The van der Waals surface area contributed by atoms with Crippen LogP contribution in [0.25, 0.3) is 17.6 Å². The van der Waals surface area contributed by atoms with Crippen molar-refractivity contribution in [1.82, 2.24) is 14.3 Å². The number of aryl methyl sites for hydroxylation is 1. The van der Waals surface area contributed by atoms with E-state index in [-0.39, 0.29) is 12.4 Å². The lowest BCUT2D eigenvalue weighted by molar-refractivity contribution is -0.189. The highest BCUT2D eigenvalue weighted by atomic mass is 31.0. The average molecular weight is 529 g/mol. The van der Waals surface area contributed by atoms with E-state index in [9.17, 15) is 23.1 Å². The fourth-order valence-corrected chi connectivity index (χ4v) is 3.98. The molecule has 0 amide bonds. The maximum atomic E-state index is 15.5. The summed E-state index contributed by atoms with van der Waals surface area (Å²) in [5.74, 6) is -2.86. The number of rotatable bonds is 8. The Hall–Kier alpha value is -3.04. The van der Waals surface area contributed by atoms with Gasteiger partial charge in [0.15, 0.2) is 11.9 Å². The largest absolute Gasteiger partial charge is 0.480 e. The van der Waals surface area contributed by atoms with Gasteiger partial charge in [0.05, 0.1) is 5.56 Å². The summed E-state index contributed by atoms with van der Waals surface area (Å²) in [5, 5.41) is 14.0. The molecule has 0 bridgehead atoms. The van der Waals surface area contributed by atoms with Crippen molar-refractivity contribution in [3.05, 3.63) is 69.1 Å². The number of nitrogens with zero attached hydrogens (tertiary/aromatic N) is 3. The van der Waals surface area contributed by atoms with E-state index in [4.69, 9.17) is 4.74 Å². The van der Waals surface area contributed by atoms with E-state index >= 15 is 8.78 Å². The molecule has 1 unspecified atom stereocenters. The van der Waals surface area contributed by atoms with Gasteiger partial charge >= 0.3 is 11.9 Å². The van der Waals surface area contributed by atoms with Gasteiger partial charge in [-0.25, -0.2) is 13.6 Å². The summed E-state index contributed by atoms with van der Waals surface area (Å²) in [6, 6.07) is 6.72. The van der Waals surface area contributed by atoms with Gasteiger partial charge in [-0.3, -0.25) is 4.57 Å². The Labute approximate surface area is 206 Å². The van der Waals surface area contributed by atoms with Gasteiger partial charge in [0.2, 0.25) is 0 Å². The first-order valence-corrected chi connectivity index (χ1v) is 11.6. The number of aliphatic hydroxyl groups is 1. The van der Waals surface area contributed by atoms with Crippen molar-refractivity contribution in [1.29, 1.82) is 0 Å². The molecule has 0 aliphatic carbocycles. The predicted molar refractivity (Wildman–Crippen MR) is 130 cm³/mol. The standard InChI is InChI=1S/C24H25F5N3O3P/c1-4-14-7-6-8-21(36)15(14)9-17(25)16-10-18(26)19(11-20(16)35-13(3)24(27,28)29)32-23(34)31(5-2)22(12-33)30-32/h6-11,13,33H,4-5,12,36H2,1-3H3/b17-9-/t13-/m0/s1. The third-order valence-corrected chi connectivity index (χ3v) is 6.08. The molecular formula is C24H25F5N3O3P. The molecule has 0 radical (unpaired) electrons. The summed E-state index contributed by atoms with van der Waals surface area (Å²) in [7, 11) is 2.45. The number of alkyl halides is 3. The smallest absolute Gasteiger partial charge is 0.425 e. The average Bonchev–Trinajstić information content (AvgIpc) is 3.15. The van der Waals surface area contributed by atoms with Crippen LogP contribution in [0.4, 0.5) is 22.0 Å². The van der Waals surface area contributed by atoms with Crippen LogP contribution in [-0.2, 0) is 19.6 Å². The molecule has 36 heavy (non-hydrogen) atoms. The van der Waals surface area contributed by atoms with Crippen LogP contribution in [0.3, 0.4) is 0 Å². The molecule has 6 nitrogen and oxygen atoms in total. The number of halogens is 5. The van der Waals surface area contributed by atoms with Crippen LogP contribution in [0, 0.1) is 5.82 Å². The molecular weight excluding hydrogens is 504 g/mol. The van der Waals surface area contributed by atoms with E-state index < -0.39 is 53.2 Å². The van der Waals surface area contributed by atoms with Crippen LogP contribution in [0.15, 0.2) is 35.1 Å². The molecule has 1 N–H and O–H groups in total. The van der Waals surface area contributed by atoms with E-state index in [1.807, 2.05) is 6.92 Å². The van der Waals surface area contributed by atoms with Crippen molar-refractivity contribution in [3.8, 4) is 11.4 Å². The van der Waals surface area contributed by atoms with Crippen molar-refractivity contribution in [2.75, 3.05) is 0 Å². The van der Waals surface area contributed by atoms with E-state index in [1.165, 1.54) is 0 Å². The molecule has 1 heterocycles. The van der Waals surface area contributed by atoms with Gasteiger partial charge in [0.25, 0.3) is 0 Å². The van der Waals surface area contributed by atoms with Crippen LogP contribution in [0.2, 0.25) is 0 Å². The minimum Gasteiger partial charge on any atom is -0.480 e. The molecule has 1 aromatic heterocycles. The summed E-state index contributed by atoms with van der Waals surface area (Å²) >= 11 is 0. The van der Waals surface area contributed by atoms with Crippen LogP contribution >= 0.6 is 9.24 Å². The summed E-state index contributed by atoms with van der Waals surface area (Å²) in [6.45, 7) is 3.66. The Morgan fingerprint density at radius 2 is 1.97 bits per heavy atom. The number of ether oxygens (including phenoxy) is 1. The fraction of sp³-hybridized carbons (Fsp3) is 0.333. The second kappa shape index (κ2) is 10.9. The highest BCUT2D eigenvalue weighted by molar-refractivity contribution is 7.27. The molecule has 0 saturated carbocycles. The Morgan fingerprint density at radius 3 is 2.53 bits per heavy atom. The first-order chi connectivity index (χ1) is 16.9. The number of benzene rings is 2. The first kappa shape index (κ1) is 27.5. The molecule has 12 heteroatoms. The summed E-state index contributed by atoms with van der Waals surface area (Å²) in [5.41, 5.74) is -0.693. The van der Waals surface area contributed by atoms with Gasteiger partial charge < -0.3 is 9.84 Å². The van der Waals surface area contributed by atoms with E-state index in [0.717, 1.165) is 29.2 Å². The van der Waals surface area contributed by atoms with Gasteiger partial charge in [-0.1, -0.05) is 25.1 Å². The quantitative estimate of drug-likeness (QED) is 0.264. The summed E-state index contributed by atoms with van der Waals surface area (Å²) < 4.78 is 77.2. The van der Waals surface area contributed by atoms with Crippen LogP contribution < -0.4 is 15.7 Å². The molecule has 0 aliphatic rings. The normalized spacial score (nSPS) is 13.2. The monoisotopic (exact) mass is 529 g/mol. The molecule has 3 aromatic rings. The van der Waals surface area contributed by atoms with E-state index in [2.05, 4.69) is 14.3 Å². The zero-order valence-electron chi connectivity index (χ0n) is 19.7. The number of hydrogen-bond acceptors (Lipinski definition) is 4. The summed E-state index contributed by atoms with van der Waals surface area (Å²) in [4.78, 5) is 12.7. The highest BCUT2D eigenvalue weighted by Gasteiger charge is 2.39. The molecule has 0 fully saturated rings. The third-order valence-electron chi connectivity index (χ3n) is 5.58. The fourth-order valence-electron chi connectivity index (χ4n) is 3.60. The van der Waals surface area contributed by atoms with Crippen molar-refractivity contribution >= 4 is 26.4 Å². The molecule has 2 atom stereocenters. The van der Waals surface area contributed by atoms with Gasteiger partial charge in [-0.2, -0.15) is 17.9 Å². The Kier molecular flexibility index (Phi) is 8.36. The van der Waals surface area contributed by atoms with Crippen molar-refractivity contribution in [3.63, 3.8) is 0 Å². The highest BCUT2D eigenvalue weighted by Crippen LogP contribution is 2.35. The Morgan fingerprint density at radius 1 is 1.28 bits per heavy atom. The van der Waals surface area contributed by atoms with Gasteiger partial charge in [0.1, 0.15) is 29.7 Å². The Bertz CT molecular complexity index is 1350. The SMILES string of the molecule is CCc1cccc(P)c1/C=C(\F)c1cc(F)c(-n2nc(CO)n(CC)c2=O)cc1O[C@@H](C)C(F)(F)F. The molecule has 3 rings (SSSR count). The molecule has 2 aromatic carbocycles. The zero-order chi connectivity index (χ0) is 26.8. The van der Waals surface area contributed by atoms with E-state index in [1.54, 1.807) is 25.1 Å². The molecule has 0 aliphatic heterocycles. The first-order valence-electron chi connectivity index (χ1n) is 11.0. The van der Waals surface area contributed by atoms with Crippen molar-refractivity contribution in [2.24, 2.45) is 0 Å². The number of aliphatic hydroxyl groups excluding tert-OH is 1. The zero-order valence-corrected chi connectivity index (χ0v) is 20.9. The number of hydrogen-bond donors (Lipinski definition) is 1. The molecule has 0 spiro atoms. The molecule has 194 valence electrons. The predicted octanol–water partition coefficient (Wildman–Crippen LogP) is 4.55. The maximum Gasteiger partial charge on any atom is 0.425 e. The lowest BCUT2D eigenvalue weighted by atomic mass is 10.0. The van der Waals surface area contributed by atoms with Gasteiger partial charge in [-0.15, -0.1) is 14.3 Å². The minimum absolute atomic E-state index is 0.0765. The molecule has 0 saturated heterocycles. The van der Waals surface area contributed by atoms with Crippen molar-refractivity contribution < 1.29 is 31.8 Å². The van der Waals surface area contributed by atoms with Crippen molar-refractivity contribution in [2.45, 2.75) is 52.6 Å². The van der Waals surface area contributed by atoms with Crippen LogP contribution in [-0.4, -0.2) is 31.7 Å². The van der Waals surface area contributed by atoms with E-state index in [0.29, 0.717) is 28.0 Å². The third kappa shape index (κ3) is 5.52. The van der Waals surface area contributed by atoms with Gasteiger partial charge in [0, 0.05) is 12.6 Å². The lowest BCUT2D eigenvalue weighted by Gasteiger charge is -2.20. The Balaban J connectivity index is 2.24. The second-order valence-electron chi connectivity index (χ2n) is 7.88.